The second-order valence-corrected chi connectivity index (χ2v) is 8.62. The molecule has 1 fully saturated rings. The lowest BCUT2D eigenvalue weighted by Gasteiger charge is -2.22. The van der Waals surface area contributed by atoms with E-state index in [9.17, 15) is 4.79 Å². The third kappa shape index (κ3) is 4.54. The number of nitrogens with zero attached hydrogens (tertiary/aromatic N) is 3. The molecule has 5 nitrogen and oxygen atoms in total. The Kier molecular flexibility index (Phi) is 5.82. The monoisotopic (exact) mass is 419 g/mol. The van der Waals surface area contributed by atoms with Crippen molar-refractivity contribution < 1.29 is 9.21 Å². The predicted molar refractivity (Wildman–Crippen MR) is 105 cm³/mol. The van der Waals surface area contributed by atoms with E-state index in [1.807, 2.05) is 35.4 Å². The topological polar surface area (TPSA) is 49.6 Å². The molecular formula is C20H26BrN3O2. The van der Waals surface area contributed by atoms with E-state index in [0.717, 1.165) is 47.7 Å². The molecule has 0 saturated carbocycles. The van der Waals surface area contributed by atoms with Gasteiger partial charge in [0.2, 0.25) is 5.89 Å². The van der Waals surface area contributed by atoms with Gasteiger partial charge >= 0.3 is 0 Å². The summed E-state index contributed by atoms with van der Waals surface area (Å²) in [6.07, 6.45) is 2.78. The van der Waals surface area contributed by atoms with Crippen LogP contribution in [-0.4, -0.2) is 46.9 Å². The van der Waals surface area contributed by atoms with Crippen molar-refractivity contribution in [3.8, 4) is 0 Å². The lowest BCUT2D eigenvalue weighted by molar-refractivity contribution is 0.0759. The van der Waals surface area contributed by atoms with Crippen molar-refractivity contribution in [3.63, 3.8) is 0 Å². The molecule has 0 aliphatic carbocycles. The maximum absolute atomic E-state index is 12.8. The highest BCUT2D eigenvalue weighted by Crippen LogP contribution is 2.23. The molecule has 3 rings (SSSR count). The molecule has 1 amide bonds. The number of rotatable bonds is 3. The fourth-order valence-corrected chi connectivity index (χ4v) is 3.51. The third-order valence-corrected chi connectivity index (χ3v) is 5.32. The first-order chi connectivity index (χ1) is 12.3. The molecular weight excluding hydrogens is 394 g/mol. The van der Waals surface area contributed by atoms with Crippen LogP contribution in [-0.2, 0) is 12.0 Å². The van der Waals surface area contributed by atoms with Crippen molar-refractivity contribution in [1.29, 1.82) is 0 Å². The van der Waals surface area contributed by atoms with Crippen LogP contribution in [0.3, 0.4) is 0 Å². The van der Waals surface area contributed by atoms with Gasteiger partial charge in [-0.1, -0.05) is 32.9 Å². The van der Waals surface area contributed by atoms with E-state index in [2.05, 4.69) is 46.6 Å². The second-order valence-electron chi connectivity index (χ2n) is 7.77. The summed E-state index contributed by atoms with van der Waals surface area (Å²) in [6, 6.07) is 7.60. The fourth-order valence-electron chi connectivity index (χ4n) is 3.06. The van der Waals surface area contributed by atoms with Crippen molar-refractivity contribution in [2.75, 3.05) is 26.2 Å². The number of halogens is 1. The number of amides is 1. The van der Waals surface area contributed by atoms with Gasteiger partial charge in [-0.3, -0.25) is 9.69 Å². The lowest BCUT2D eigenvalue weighted by atomic mass is 9.94. The molecule has 6 heteroatoms. The van der Waals surface area contributed by atoms with Gasteiger partial charge in [0, 0.05) is 36.1 Å². The average molecular weight is 420 g/mol. The summed E-state index contributed by atoms with van der Waals surface area (Å²) in [5.41, 5.74) is 0.694. The Morgan fingerprint density at radius 2 is 1.96 bits per heavy atom. The molecule has 2 aromatic rings. The maximum Gasteiger partial charge on any atom is 0.255 e. The van der Waals surface area contributed by atoms with Gasteiger partial charge in [-0.05, 0) is 34.5 Å². The molecule has 1 aromatic heterocycles. The lowest BCUT2D eigenvalue weighted by Crippen LogP contribution is -2.35. The Morgan fingerprint density at radius 1 is 1.19 bits per heavy atom. The van der Waals surface area contributed by atoms with Gasteiger partial charge in [0.05, 0.1) is 18.3 Å². The first kappa shape index (κ1) is 19.1. The minimum atomic E-state index is -0.0314. The Balaban J connectivity index is 1.61. The molecule has 1 aliphatic rings. The van der Waals surface area contributed by atoms with Gasteiger partial charge in [-0.25, -0.2) is 4.98 Å². The molecule has 0 radical (unpaired) electrons. The van der Waals surface area contributed by atoms with Gasteiger partial charge in [0.15, 0.2) is 0 Å². The highest BCUT2D eigenvalue weighted by molar-refractivity contribution is 9.10. The van der Waals surface area contributed by atoms with Crippen LogP contribution < -0.4 is 0 Å². The van der Waals surface area contributed by atoms with Crippen LogP contribution in [0.1, 0.15) is 49.2 Å². The minimum Gasteiger partial charge on any atom is -0.444 e. The van der Waals surface area contributed by atoms with Crippen molar-refractivity contribution in [3.05, 3.63) is 52.1 Å². The molecule has 0 atom stereocenters. The second kappa shape index (κ2) is 7.92. The Morgan fingerprint density at radius 3 is 2.65 bits per heavy atom. The standard InChI is InChI=1S/C20H26BrN3O2/c1-20(2,3)17-13-22-18(26-17)14-23-9-6-10-24(12-11-23)19(25)15-7-4-5-8-16(15)21/h4-5,7-8,13H,6,9-12,14H2,1-3H3. The summed E-state index contributed by atoms with van der Waals surface area (Å²) in [7, 11) is 0. The Labute approximate surface area is 163 Å². The molecule has 2 heterocycles. The molecule has 0 N–H and O–H groups in total. The molecule has 0 spiro atoms. The largest absolute Gasteiger partial charge is 0.444 e. The summed E-state index contributed by atoms with van der Waals surface area (Å²) in [4.78, 5) is 21.5. The van der Waals surface area contributed by atoms with E-state index in [1.54, 1.807) is 0 Å². The van der Waals surface area contributed by atoms with Crippen molar-refractivity contribution >= 4 is 21.8 Å². The first-order valence-corrected chi connectivity index (χ1v) is 9.85. The van der Waals surface area contributed by atoms with E-state index in [0.29, 0.717) is 13.1 Å². The predicted octanol–water partition coefficient (Wildman–Crippen LogP) is 4.08. The smallest absolute Gasteiger partial charge is 0.255 e. The van der Waals surface area contributed by atoms with E-state index >= 15 is 0 Å². The number of aromatic nitrogens is 1. The van der Waals surface area contributed by atoms with E-state index in [4.69, 9.17) is 4.42 Å². The number of hydrogen-bond donors (Lipinski definition) is 0. The van der Waals surface area contributed by atoms with Crippen LogP contribution >= 0.6 is 15.9 Å². The van der Waals surface area contributed by atoms with Crippen LogP contribution in [0.4, 0.5) is 0 Å². The van der Waals surface area contributed by atoms with E-state index in [-0.39, 0.29) is 11.3 Å². The van der Waals surface area contributed by atoms with Gasteiger partial charge < -0.3 is 9.32 Å². The fraction of sp³-hybridized carbons (Fsp3) is 0.500. The van der Waals surface area contributed by atoms with Crippen LogP contribution in [0, 0.1) is 0 Å². The van der Waals surface area contributed by atoms with E-state index in [1.165, 1.54) is 0 Å². The van der Waals surface area contributed by atoms with E-state index < -0.39 is 0 Å². The highest BCUT2D eigenvalue weighted by Gasteiger charge is 2.23. The van der Waals surface area contributed by atoms with Crippen molar-refractivity contribution in [2.45, 2.75) is 39.2 Å². The van der Waals surface area contributed by atoms with Crippen molar-refractivity contribution in [2.24, 2.45) is 0 Å². The van der Waals surface area contributed by atoms with Crippen LogP contribution in [0.5, 0.6) is 0 Å². The summed E-state index contributed by atoms with van der Waals surface area (Å²) in [6.45, 7) is 10.3. The summed E-state index contributed by atoms with van der Waals surface area (Å²) in [5, 5.41) is 0. The van der Waals surface area contributed by atoms with Crippen molar-refractivity contribution in [1.82, 2.24) is 14.8 Å². The maximum atomic E-state index is 12.8. The molecule has 0 bridgehead atoms. The highest BCUT2D eigenvalue weighted by atomic mass is 79.9. The first-order valence-electron chi connectivity index (χ1n) is 9.06. The Hall–Kier alpha value is -1.66. The number of oxazole rings is 1. The number of carbonyl (C=O) groups is 1. The van der Waals surface area contributed by atoms with Crippen LogP contribution in [0.15, 0.2) is 39.4 Å². The Bertz CT molecular complexity index is 766. The summed E-state index contributed by atoms with van der Waals surface area (Å²) >= 11 is 3.48. The van der Waals surface area contributed by atoms with Gasteiger partial charge in [0.1, 0.15) is 5.76 Å². The van der Waals surface area contributed by atoms with Gasteiger partial charge in [-0.15, -0.1) is 0 Å². The quantitative estimate of drug-likeness (QED) is 0.751. The normalized spacial score (nSPS) is 16.5. The summed E-state index contributed by atoms with van der Waals surface area (Å²) < 4.78 is 6.76. The number of benzene rings is 1. The molecule has 26 heavy (non-hydrogen) atoms. The zero-order chi connectivity index (χ0) is 18.7. The van der Waals surface area contributed by atoms with Crippen LogP contribution in [0.25, 0.3) is 0 Å². The molecule has 140 valence electrons. The van der Waals surface area contributed by atoms with Crippen LogP contribution in [0.2, 0.25) is 0 Å². The minimum absolute atomic E-state index is 0.0314. The molecule has 1 saturated heterocycles. The molecule has 0 unspecified atom stereocenters. The van der Waals surface area contributed by atoms with Gasteiger partial charge in [-0.2, -0.15) is 0 Å². The third-order valence-electron chi connectivity index (χ3n) is 4.63. The average Bonchev–Trinajstić information content (AvgIpc) is 2.94. The zero-order valence-corrected chi connectivity index (χ0v) is 17.3. The molecule has 1 aromatic carbocycles. The van der Waals surface area contributed by atoms with Gasteiger partial charge in [0.25, 0.3) is 5.91 Å². The number of hydrogen-bond acceptors (Lipinski definition) is 4. The zero-order valence-electron chi connectivity index (χ0n) is 15.7. The molecule has 1 aliphatic heterocycles. The number of carbonyl (C=O) groups excluding carboxylic acids is 1. The summed E-state index contributed by atoms with van der Waals surface area (Å²) in [5.74, 6) is 1.75. The SMILES string of the molecule is CC(C)(C)c1cnc(CN2CCCN(C(=O)c3ccccc3Br)CC2)o1.